The van der Waals surface area contributed by atoms with E-state index < -0.39 is 0 Å². The molecule has 6 aliphatic carbocycles. The molecule has 1 N–H and O–H groups in total. The van der Waals surface area contributed by atoms with Gasteiger partial charge in [0.05, 0.1) is 11.7 Å². The lowest BCUT2D eigenvalue weighted by Crippen LogP contribution is -2.47. The maximum absolute atomic E-state index is 3.97. The van der Waals surface area contributed by atoms with Crippen LogP contribution in [0.5, 0.6) is 0 Å². The first-order valence-electron chi connectivity index (χ1n) is 19.7. The van der Waals surface area contributed by atoms with Gasteiger partial charge in [-0.1, -0.05) is 121 Å². The maximum Gasteiger partial charge on any atom is 0.106 e. The highest BCUT2D eigenvalue weighted by atomic mass is 15.3. The van der Waals surface area contributed by atoms with Crippen molar-refractivity contribution in [3.8, 4) is 0 Å². The predicted octanol–water partition coefficient (Wildman–Crippen LogP) is 12.1. The monoisotopic (exact) mass is 664 g/mol. The Bertz CT molecular complexity index is 2220. The molecule has 5 atom stereocenters. The average Bonchev–Trinajstić information content (AvgIpc) is 3.60. The number of hydrogen-bond donors (Lipinski definition) is 1. The summed E-state index contributed by atoms with van der Waals surface area (Å²) in [6.07, 6.45) is 48.0. The van der Waals surface area contributed by atoms with Gasteiger partial charge in [0.2, 0.25) is 0 Å². The van der Waals surface area contributed by atoms with Crippen LogP contribution in [0.4, 0.5) is 0 Å². The van der Waals surface area contributed by atoms with Crippen LogP contribution >= 0.6 is 0 Å². The smallest absolute Gasteiger partial charge is 0.106 e. The third-order valence-corrected chi connectivity index (χ3v) is 12.6. The van der Waals surface area contributed by atoms with E-state index in [0.29, 0.717) is 30.0 Å². The van der Waals surface area contributed by atoms with Crippen LogP contribution in [-0.4, -0.2) is 17.1 Å². The highest BCUT2D eigenvalue weighted by molar-refractivity contribution is 6.17. The molecule has 3 aromatic carbocycles. The molecular weight excluding hydrogens is 617 g/mol. The third kappa shape index (κ3) is 5.46. The van der Waals surface area contributed by atoms with E-state index in [1.54, 1.807) is 0 Å². The molecule has 2 nitrogen and oxygen atoms in total. The van der Waals surface area contributed by atoms with Crippen molar-refractivity contribution in [2.75, 3.05) is 0 Å². The normalized spacial score (nSPS) is 28.1. The summed E-state index contributed by atoms with van der Waals surface area (Å²) in [6.45, 7) is 0. The predicted molar refractivity (Wildman–Crippen MR) is 216 cm³/mol. The van der Waals surface area contributed by atoms with Gasteiger partial charge in [0.25, 0.3) is 0 Å². The second-order valence-corrected chi connectivity index (χ2v) is 15.6. The zero-order chi connectivity index (χ0) is 33.7. The van der Waals surface area contributed by atoms with Crippen LogP contribution in [0, 0.1) is 17.8 Å². The maximum atomic E-state index is 3.97. The molecule has 0 saturated carbocycles. The zero-order valence-corrected chi connectivity index (χ0v) is 29.6. The van der Waals surface area contributed by atoms with Crippen molar-refractivity contribution in [3.63, 3.8) is 0 Å². The van der Waals surface area contributed by atoms with E-state index in [-0.39, 0.29) is 0 Å². The summed E-state index contributed by atoms with van der Waals surface area (Å²) in [4.78, 5) is 2.69. The molecule has 3 aromatic rings. The van der Waals surface area contributed by atoms with Gasteiger partial charge in [-0.15, -0.1) is 0 Å². The van der Waals surface area contributed by atoms with E-state index in [4.69, 9.17) is 0 Å². The van der Waals surface area contributed by atoms with Crippen LogP contribution in [0.25, 0.3) is 38.3 Å². The summed E-state index contributed by atoms with van der Waals surface area (Å²) < 4.78 is 0. The van der Waals surface area contributed by atoms with Crippen LogP contribution in [-0.2, 0) is 0 Å². The Balaban J connectivity index is 1.06. The Hall–Kier alpha value is -4.82. The van der Waals surface area contributed by atoms with Crippen molar-refractivity contribution in [2.24, 2.45) is 17.8 Å². The molecular formula is C49H48N2. The molecule has 51 heavy (non-hydrogen) atoms. The molecule has 0 saturated heterocycles. The standard InChI is InChI=1S/C49H48N2/c1-3-14-35(15-4-1)47-41-19-9-10-20-42(41)48(39-24-23-33-13-7-8-18-37(33)31-39)43-30-27-38(32-44(43)47)34-25-28-40(29-26-34)51-46-22-12-11-21-45(46)50-49(51)36-16-5-2-6-17-36/h2,5-7,9-10,12-14,16,19-20,22-28,30-33,36-37,40,49-50H,1,3-4,8,11,15,17-18,21,29H2/t33?,36?,37?,40-,49?/m1/s1. The first kappa shape index (κ1) is 31.0. The second-order valence-electron chi connectivity index (χ2n) is 15.6. The number of benzene rings is 3. The summed E-state index contributed by atoms with van der Waals surface area (Å²) in [5.74, 6) is 1.59. The third-order valence-electron chi connectivity index (χ3n) is 12.6. The first-order chi connectivity index (χ1) is 25.3. The summed E-state index contributed by atoms with van der Waals surface area (Å²) in [7, 11) is 0. The van der Waals surface area contributed by atoms with Gasteiger partial charge in [-0.2, -0.15) is 0 Å². The number of allylic oxidation sites excluding steroid dienone is 16. The Morgan fingerprint density at radius 1 is 0.647 bits per heavy atom. The van der Waals surface area contributed by atoms with Gasteiger partial charge in [-0.25, -0.2) is 0 Å². The number of nitrogens with one attached hydrogen (secondary N) is 1. The van der Waals surface area contributed by atoms with Gasteiger partial charge in [-0.05, 0) is 137 Å². The first-order valence-corrected chi connectivity index (χ1v) is 19.7. The van der Waals surface area contributed by atoms with Crippen molar-refractivity contribution >= 4 is 38.3 Å². The summed E-state index contributed by atoms with van der Waals surface area (Å²) in [5, 5.41) is 9.57. The lowest BCUT2D eigenvalue weighted by atomic mass is 9.76. The molecule has 1 aliphatic heterocycles. The van der Waals surface area contributed by atoms with Crippen molar-refractivity contribution in [2.45, 2.75) is 76.4 Å². The van der Waals surface area contributed by atoms with Crippen molar-refractivity contribution in [1.29, 1.82) is 0 Å². The van der Waals surface area contributed by atoms with Crippen LogP contribution < -0.4 is 5.32 Å². The fourth-order valence-electron chi connectivity index (χ4n) is 10.0. The van der Waals surface area contributed by atoms with E-state index in [2.05, 4.69) is 144 Å². The molecule has 0 fully saturated rings. The van der Waals surface area contributed by atoms with Gasteiger partial charge in [0.1, 0.15) is 6.17 Å². The largest absolute Gasteiger partial charge is 0.366 e. The lowest BCUT2D eigenvalue weighted by Gasteiger charge is -2.38. The molecule has 2 heteroatoms. The number of hydrogen-bond acceptors (Lipinski definition) is 2. The van der Waals surface area contributed by atoms with Gasteiger partial charge in [0, 0.05) is 17.5 Å². The van der Waals surface area contributed by atoms with Gasteiger partial charge >= 0.3 is 0 Å². The topological polar surface area (TPSA) is 15.3 Å². The van der Waals surface area contributed by atoms with E-state index in [1.165, 1.54) is 98.5 Å². The molecule has 1 heterocycles. The Morgan fingerprint density at radius 3 is 2.39 bits per heavy atom. The van der Waals surface area contributed by atoms with Crippen LogP contribution in [0.15, 0.2) is 145 Å². The SMILES string of the molecule is C1=CCC(C2NC3=C(C=CCC3)N2[C@@H]2C=CC(c3ccc4c(C5=CC6CCC=CC6C=C5)c5ccccc5c(C5=CCCCC5)c4c3)=CC2)C=C1. The Kier molecular flexibility index (Phi) is 7.93. The van der Waals surface area contributed by atoms with E-state index in [1.807, 2.05) is 0 Å². The van der Waals surface area contributed by atoms with Gasteiger partial charge in [0.15, 0.2) is 0 Å². The molecule has 4 unspecified atom stereocenters. The van der Waals surface area contributed by atoms with Gasteiger partial charge in [-0.3, -0.25) is 0 Å². The average molecular weight is 665 g/mol. The van der Waals surface area contributed by atoms with E-state index >= 15 is 0 Å². The minimum atomic E-state index is 0.297. The zero-order valence-electron chi connectivity index (χ0n) is 29.6. The van der Waals surface area contributed by atoms with Crippen molar-refractivity contribution in [1.82, 2.24) is 10.2 Å². The molecule has 0 spiro atoms. The van der Waals surface area contributed by atoms with Gasteiger partial charge < -0.3 is 10.2 Å². The van der Waals surface area contributed by atoms with Crippen LogP contribution in [0.3, 0.4) is 0 Å². The quantitative estimate of drug-likeness (QED) is 0.216. The second kappa shape index (κ2) is 13.1. The lowest BCUT2D eigenvalue weighted by molar-refractivity contribution is 0.182. The summed E-state index contributed by atoms with van der Waals surface area (Å²) in [5.41, 5.74) is 11.3. The van der Waals surface area contributed by atoms with Crippen molar-refractivity contribution < 1.29 is 0 Å². The summed E-state index contributed by atoms with van der Waals surface area (Å²) >= 11 is 0. The van der Waals surface area contributed by atoms with Crippen molar-refractivity contribution in [3.05, 3.63) is 162 Å². The highest BCUT2D eigenvalue weighted by Crippen LogP contribution is 2.46. The Labute approximate surface area is 303 Å². The van der Waals surface area contributed by atoms with E-state index in [9.17, 15) is 0 Å². The minimum Gasteiger partial charge on any atom is -0.366 e. The minimum absolute atomic E-state index is 0.297. The molecule has 0 bridgehead atoms. The van der Waals surface area contributed by atoms with Crippen LogP contribution in [0.1, 0.15) is 80.9 Å². The fourth-order valence-corrected chi connectivity index (χ4v) is 10.0. The molecule has 254 valence electrons. The Morgan fingerprint density at radius 2 is 1.55 bits per heavy atom. The molecule has 0 aromatic heterocycles. The van der Waals surface area contributed by atoms with Crippen LogP contribution in [0.2, 0.25) is 0 Å². The highest BCUT2D eigenvalue weighted by Gasteiger charge is 2.38. The molecule has 0 amide bonds. The fraction of sp³-hybridized carbons (Fsp3) is 0.306. The number of rotatable bonds is 5. The number of nitrogens with zero attached hydrogens (tertiary/aromatic N) is 1. The molecule has 7 aliphatic rings. The molecule has 0 radical (unpaired) electrons. The molecule has 10 rings (SSSR count). The van der Waals surface area contributed by atoms with E-state index in [0.717, 1.165) is 32.1 Å². The number of fused-ring (bicyclic) bond motifs is 3. The summed E-state index contributed by atoms with van der Waals surface area (Å²) in [6, 6.07) is 17.0.